The minimum Gasteiger partial charge on any atom is -0.481 e. The Hall–Kier alpha value is -0.610. The molecule has 4 nitrogen and oxygen atoms in total. The van der Waals surface area contributed by atoms with Crippen LogP contribution in [-0.4, -0.2) is 34.0 Å². The van der Waals surface area contributed by atoms with E-state index in [4.69, 9.17) is 4.74 Å². The maximum absolute atomic E-state index is 11.5. The topological polar surface area (TPSA) is 70.1 Å². The van der Waals surface area contributed by atoms with Crippen molar-refractivity contribution in [1.29, 1.82) is 0 Å². The van der Waals surface area contributed by atoms with Gasteiger partial charge < -0.3 is 14.9 Å². The van der Waals surface area contributed by atoms with Crippen LogP contribution in [0.1, 0.15) is 40.0 Å². The Balaban J connectivity index is 1.73. The Labute approximate surface area is 113 Å². The molecule has 8 atom stereocenters. The maximum Gasteiger partial charge on any atom is 0.309 e. The predicted octanol–water partition coefficient (Wildman–Crippen LogP) is 1.66. The number of hydrogen-bond donors (Lipinski definition) is 2. The van der Waals surface area contributed by atoms with Crippen molar-refractivity contribution < 1.29 is 19.7 Å². The lowest BCUT2D eigenvalue weighted by Gasteiger charge is -2.39. The summed E-state index contributed by atoms with van der Waals surface area (Å²) in [4.78, 5) is 11.5. The Morgan fingerprint density at radius 1 is 1.26 bits per heavy atom. The van der Waals surface area contributed by atoms with Crippen LogP contribution in [0, 0.1) is 28.6 Å². The number of epoxide rings is 1. The zero-order chi connectivity index (χ0) is 13.8. The number of aliphatic hydroxyl groups is 1. The molecule has 3 aliphatic carbocycles. The Morgan fingerprint density at radius 3 is 2.58 bits per heavy atom. The first-order valence-electron chi connectivity index (χ1n) is 7.35. The third kappa shape index (κ3) is 1.06. The summed E-state index contributed by atoms with van der Waals surface area (Å²) < 4.78 is 5.92. The van der Waals surface area contributed by atoms with Crippen LogP contribution in [0.5, 0.6) is 0 Å². The van der Waals surface area contributed by atoms with Gasteiger partial charge in [0.25, 0.3) is 0 Å². The molecule has 0 amide bonds. The second kappa shape index (κ2) is 3.01. The van der Waals surface area contributed by atoms with Crippen molar-refractivity contribution in [3.63, 3.8) is 0 Å². The summed E-state index contributed by atoms with van der Waals surface area (Å²) in [5, 5.41) is 19.8. The molecule has 1 heterocycles. The van der Waals surface area contributed by atoms with Gasteiger partial charge in [0.2, 0.25) is 0 Å². The maximum atomic E-state index is 11.5. The smallest absolute Gasteiger partial charge is 0.309 e. The van der Waals surface area contributed by atoms with Crippen LogP contribution in [-0.2, 0) is 9.53 Å². The van der Waals surface area contributed by atoms with E-state index in [1.807, 2.05) is 6.92 Å². The van der Waals surface area contributed by atoms with E-state index in [1.54, 1.807) is 0 Å². The highest BCUT2D eigenvalue weighted by Crippen LogP contribution is 2.77. The third-order valence-corrected chi connectivity index (χ3v) is 7.22. The highest BCUT2D eigenvalue weighted by Gasteiger charge is 2.84. The van der Waals surface area contributed by atoms with Crippen molar-refractivity contribution in [3.05, 3.63) is 0 Å². The summed E-state index contributed by atoms with van der Waals surface area (Å²) >= 11 is 0. The average molecular weight is 266 g/mol. The number of aliphatic hydroxyl groups excluding tert-OH is 1. The molecule has 106 valence electrons. The van der Waals surface area contributed by atoms with Gasteiger partial charge in [-0.05, 0) is 43.9 Å². The SMILES string of the molecule is C[C@H]1[C@@H](O)[C@H]2O[C@]23C[C@H]2C[C@](C)(C(=O)O)C[C@H]2[C@]13C. The average Bonchev–Trinajstić information content (AvgIpc) is 2.85. The molecule has 2 N–H and O–H groups in total. The largest absolute Gasteiger partial charge is 0.481 e. The molecule has 1 spiro atoms. The van der Waals surface area contributed by atoms with Gasteiger partial charge in [-0.25, -0.2) is 0 Å². The van der Waals surface area contributed by atoms with Gasteiger partial charge in [0.15, 0.2) is 0 Å². The van der Waals surface area contributed by atoms with Crippen LogP contribution in [0.25, 0.3) is 0 Å². The zero-order valence-corrected chi connectivity index (χ0v) is 11.7. The number of hydrogen-bond acceptors (Lipinski definition) is 3. The molecule has 0 aromatic carbocycles. The fourth-order valence-corrected chi connectivity index (χ4v) is 5.95. The van der Waals surface area contributed by atoms with E-state index < -0.39 is 11.4 Å². The summed E-state index contributed by atoms with van der Waals surface area (Å²) in [6, 6.07) is 0. The number of carboxylic acids is 1. The second-order valence-electron chi connectivity index (χ2n) is 7.83. The van der Waals surface area contributed by atoms with Crippen molar-refractivity contribution in [2.45, 2.75) is 57.8 Å². The van der Waals surface area contributed by atoms with E-state index in [0.717, 1.165) is 19.3 Å². The number of rotatable bonds is 1. The van der Waals surface area contributed by atoms with Gasteiger partial charge in [-0.1, -0.05) is 13.8 Å². The van der Waals surface area contributed by atoms with Gasteiger partial charge >= 0.3 is 5.97 Å². The molecule has 1 aliphatic heterocycles. The van der Waals surface area contributed by atoms with Gasteiger partial charge in [-0.3, -0.25) is 4.79 Å². The van der Waals surface area contributed by atoms with E-state index in [1.165, 1.54) is 0 Å². The number of aliphatic carboxylic acids is 1. The van der Waals surface area contributed by atoms with Crippen molar-refractivity contribution in [2.75, 3.05) is 0 Å². The molecule has 0 bridgehead atoms. The summed E-state index contributed by atoms with van der Waals surface area (Å²) in [5.41, 5.74) is -0.770. The lowest BCUT2D eigenvalue weighted by molar-refractivity contribution is -0.148. The molecule has 4 rings (SSSR count). The standard InChI is InChI=1S/C15H22O4/c1-7-10(16)11-15(19-11)5-8-4-13(2,12(17)18)6-9(8)14(7,15)3/h7-11,16H,4-6H2,1-3H3,(H,17,18)/t7-,8+,9+,10+,11+,13-,14-,15+/m0/s1. The van der Waals surface area contributed by atoms with Crippen LogP contribution < -0.4 is 0 Å². The fraction of sp³-hybridized carbons (Fsp3) is 0.933. The molecule has 4 aliphatic rings. The van der Waals surface area contributed by atoms with Gasteiger partial charge in [0.1, 0.15) is 11.7 Å². The molecule has 3 saturated carbocycles. The molecule has 4 fully saturated rings. The van der Waals surface area contributed by atoms with Crippen molar-refractivity contribution in [2.24, 2.45) is 28.6 Å². The lowest BCUT2D eigenvalue weighted by atomic mass is 9.66. The Bertz CT molecular complexity index is 477. The predicted molar refractivity (Wildman–Crippen MR) is 67.5 cm³/mol. The Kier molecular flexibility index (Phi) is 1.93. The monoisotopic (exact) mass is 266 g/mol. The first-order chi connectivity index (χ1) is 8.76. The number of carbonyl (C=O) groups is 1. The van der Waals surface area contributed by atoms with Crippen LogP contribution in [0.2, 0.25) is 0 Å². The van der Waals surface area contributed by atoms with Crippen molar-refractivity contribution in [3.8, 4) is 0 Å². The minimum atomic E-state index is -0.668. The molecule has 0 aromatic heterocycles. The summed E-state index contributed by atoms with van der Waals surface area (Å²) in [5.74, 6) is 0.369. The number of ether oxygens (including phenoxy) is 1. The van der Waals surface area contributed by atoms with E-state index >= 15 is 0 Å². The molecule has 0 unspecified atom stereocenters. The van der Waals surface area contributed by atoms with E-state index in [-0.39, 0.29) is 29.1 Å². The highest BCUT2D eigenvalue weighted by molar-refractivity contribution is 5.74. The fourth-order valence-electron chi connectivity index (χ4n) is 5.95. The van der Waals surface area contributed by atoms with E-state index in [9.17, 15) is 15.0 Å². The van der Waals surface area contributed by atoms with Crippen molar-refractivity contribution >= 4 is 5.97 Å². The first-order valence-corrected chi connectivity index (χ1v) is 7.35. The summed E-state index contributed by atoms with van der Waals surface area (Å²) in [6.07, 6.45) is 2.09. The molecule has 4 heteroatoms. The summed E-state index contributed by atoms with van der Waals surface area (Å²) in [7, 11) is 0. The minimum absolute atomic E-state index is 0.00850. The number of fused-ring (bicyclic) bond motifs is 2. The van der Waals surface area contributed by atoms with Gasteiger partial charge in [-0.15, -0.1) is 0 Å². The molecule has 19 heavy (non-hydrogen) atoms. The molecule has 1 saturated heterocycles. The van der Waals surface area contributed by atoms with E-state index in [2.05, 4.69) is 13.8 Å². The normalized spacial score (nSPS) is 65.6. The molecular formula is C15H22O4. The third-order valence-electron chi connectivity index (χ3n) is 7.22. The molecule has 0 aromatic rings. The van der Waals surface area contributed by atoms with Gasteiger partial charge in [-0.2, -0.15) is 0 Å². The highest BCUT2D eigenvalue weighted by atomic mass is 16.6. The molecular weight excluding hydrogens is 244 g/mol. The zero-order valence-electron chi connectivity index (χ0n) is 11.7. The first kappa shape index (κ1) is 12.2. The van der Waals surface area contributed by atoms with Crippen LogP contribution in [0.15, 0.2) is 0 Å². The summed E-state index contributed by atoms with van der Waals surface area (Å²) in [6.45, 7) is 6.22. The second-order valence-corrected chi connectivity index (χ2v) is 7.83. The van der Waals surface area contributed by atoms with Crippen molar-refractivity contribution in [1.82, 2.24) is 0 Å². The van der Waals surface area contributed by atoms with E-state index in [0.29, 0.717) is 11.8 Å². The molecule has 0 radical (unpaired) electrons. The lowest BCUT2D eigenvalue weighted by Crippen LogP contribution is -2.41. The van der Waals surface area contributed by atoms with Crippen LogP contribution in [0.4, 0.5) is 0 Å². The number of carboxylic acid groups (broad SMARTS) is 1. The Morgan fingerprint density at radius 2 is 1.95 bits per heavy atom. The van der Waals surface area contributed by atoms with Gasteiger partial charge in [0.05, 0.1) is 11.5 Å². The van der Waals surface area contributed by atoms with Crippen LogP contribution >= 0.6 is 0 Å². The quantitative estimate of drug-likeness (QED) is 0.708. The van der Waals surface area contributed by atoms with Crippen LogP contribution in [0.3, 0.4) is 0 Å². The van der Waals surface area contributed by atoms with Gasteiger partial charge in [0, 0.05) is 5.41 Å².